The van der Waals surface area contributed by atoms with E-state index in [2.05, 4.69) is 0 Å². The monoisotopic (exact) mass is 307 g/mol. The molecule has 2 aliphatic rings. The van der Waals surface area contributed by atoms with E-state index < -0.39 is 12.0 Å². The Bertz CT molecular complexity index is 599. The van der Waals surface area contributed by atoms with Crippen LogP contribution in [-0.4, -0.2) is 44.2 Å². The number of aromatic hydroxyl groups is 1. The van der Waals surface area contributed by atoms with Crippen molar-refractivity contribution in [2.24, 2.45) is 5.92 Å². The van der Waals surface area contributed by atoms with E-state index in [4.69, 9.17) is 0 Å². The Morgan fingerprint density at radius 2 is 2.05 bits per heavy atom. The third kappa shape index (κ3) is 2.48. The standard InChI is InChI=1S/C15H17NO4S/c1-8-3-2-4-10(12(8)17)13(18)16-11(15(19)20)7-21-14(16)9-5-6-9/h2-4,9,11,14,17H,5-7H2,1H3,(H,19,20). The fourth-order valence-electron chi connectivity index (χ4n) is 2.69. The number of aryl methyl sites for hydroxylation is 1. The van der Waals surface area contributed by atoms with Crippen LogP contribution >= 0.6 is 11.8 Å². The van der Waals surface area contributed by atoms with Gasteiger partial charge < -0.3 is 15.1 Å². The van der Waals surface area contributed by atoms with Gasteiger partial charge in [-0.1, -0.05) is 12.1 Å². The molecular weight excluding hydrogens is 290 g/mol. The number of benzene rings is 1. The van der Waals surface area contributed by atoms with Crippen molar-refractivity contribution in [1.29, 1.82) is 0 Å². The minimum Gasteiger partial charge on any atom is -0.507 e. The zero-order valence-electron chi connectivity index (χ0n) is 11.7. The molecule has 1 aliphatic carbocycles. The SMILES string of the molecule is Cc1cccc(C(=O)N2C(C(=O)O)CSC2C2CC2)c1O. The number of phenolic OH excluding ortho intramolecular Hbond substituents is 1. The van der Waals surface area contributed by atoms with E-state index in [0.29, 0.717) is 17.2 Å². The molecule has 0 spiro atoms. The molecule has 1 aromatic carbocycles. The second kappa shape index (κ2) is 5.26. The summed E-state index contributed by atoms with van der Waals surface area (Å²) in [5.74, 6) is -0.626. The number of carbonyl (C=O) groups is 2. The second-order valence-corrected chi connectivity index (χ2v) is 6.75. The lowest BCUT2D eigenvalue weighted by atomic mass is 10.1. The van der Waals surface area contributed by atoms with Gasteiger partial charge in [-0.3, -0.25) is 4.79 Å². The smallest absolute Gasteiger partial charge is 0.327 e. The van der Waals surface area contributed by atoms with Gasteiger partial charge in [-0.25, -0.2) is 4.79 Å². The molecule has 2 N–H and O–H groups in total. The van der Waals surface area contributed by atoms with Gasteiger partial charge in [0.05, 0.1) is 10.9 Å². The lowest BCUT2D eigenvalue weighted by Gasteiger charge is -2.27. The lowest BCUT2D eigenvalue weighted by molar-refractivity contribution is -0.141. The van der Waals surface area contributed by atoms with Crippen LogP contribution < -0.4 is 0 Å². The number of amides is 1. The molecule has 1 heterocycles. The van der Waals surface area contributed by atoms with E-state index in [0.717, 1.165) is 12.8 Å². The van der Waals surface area contributed by atoms with Crippen molar-refractivity contribution in [2.45, 2.75) is 31.2 Å². The zero-order chi connectivity index (χ0) is 15.1. The van der Waals surface area contributed by atoms with Crippen LogP contribution in [0.25, 0.3) is 0 Å². The summed E-state index contributed by atoms with van der Waals surface area (Å²) in [5.41, 5.74) is 0.803. The zero-order valence-corrected chi connectivity index (χ0v) is 12.5. The van der Waals surface area contributed by atoms with Gasteiger partial charge in [0.1, 0.15) is 11.8 Å². The number of nitrogens with zero attached hydrogens (tertiary/aromatic N) is 1. The summed E-state index contributed by atoms with van der Waals surface area (Å²) < 4.78 is 0. The Kier molecular flexibility index (Phi) is 3.57. The van der Waals surface area contributed by atoms with E-state index >= 15 is 0 Å². The van der Waals surface area contributed by atoms with Gasteiger partial charge in [-0.15, -0.1) is 11.8 Å². The number of aliphatic carboxylic acids is 1. The summed E-state index contributed by atoms with van der Waals surface area (Å²) in [6, 6.07) is 4.16. The maximum atomic E-state index is 12.8. The highest BCUT2D eigenvalue weighted by molar-refractivity contribution is 8.00. The minimum atomic E-state index is -0.980. The van der Waals surface area contributed by atoms with Crippen molar-refractivity contribution in [1.82, 2.24) is 4.90 Å². The molecule has 0 aromatic heterocycles. The van der Waals surface area contributed by atoms with Gasteiger partial charge in [0, 0.05) is 5.75 Å². The van der Waals surface area contributed by atoms with Crippen LogP contribution in [0, 0.1) is 12.8 Å². The quantitative estimate of drug-likeness (QED) is 0.894. The Morgan fingerprint density at radius 3 is 2.67 bits per heavy atom. The molecule has 3 rings (SSSR count). The van der Waals surface area contributed by atoms with E-state index in [1.54, 1.807) is 25.1 Å². The fraction of sp³-hybridized carbons (Fsp3) is 0.467. The summed E-state index contributed by atoms with van der Waals surface area (Å²) in [4.78, 5) is 25.6. The number of rotatable bonds is 3. The number of carbonyl (C=O) groups excluding carboxylic acids is 1. The average molecular weight is 307 g/mol. The van der Waals surface area contributed by atoms with Crippen LogP contribution in [0.3, 0.4) is 0 Å². The maximum Gasteiger partial charge on any atom is 0.327 e. The van der Waals surface area contributed by atoms with Crippen LogP contribution in [0.2, 0.25) is 0 Å². The first-order chi connectivity index (χ1) is 10.0. The number of carboxylic acid groups (broad SMARTS) is 1. The molecule has 1 saturated carbocycles. The molecule has 1 aromatic rings. The molecule has 6 heteroatoms. The van der Waals surface area contributed by atoms with Gasteiger partial charge in [0.2, 0.25) is 0 Å². The Labute approximate surface area is 126 Å². The lowest BCUT2D eigenvalue weighted by Crippen LogP contribution is -2.46. The van der Waals surface area contributed by atoms with Crippen molar-refractivity contribution in [3.63, 3.8) is 0 Å². The molecule has 2 fully saturated rings. The van der Waals surface area contributed by atoms with Crippen molar-refractivity contribution in [2.75, 3.05) is 5.75 Å². The van der Waals surface area contributed by atoms with Crippen LogP contribution in [0.4, 0.5) is 0 Å². The summed E-state index contributed by atoms with van der Waals surface area (Å²) >= 11 is 1.53. The number of hydrogen-bond acceptors (Lipinski definition) is 4. The highest BCUT2D eigenvalue weighted by atomic mass is 32.2. The Hall–Kier alpha value is -1.69. The molecule has 21 heavy (non-hydrogen) atoms. The van der Waals surface area contributed by atoms with Crippen molar-refractivity contribution >= 4 is 23.6 Å². The highest BCUT2D eigenvalue weighted by Crippen LogP contribution is 2.46. The third-order valence-corrected chi connectivity index (χ3v) is 5.51. The number of para-hydroxylation sites is 1. The first-order valence-corrected chi connectivity index (χ1v) is 8.01. The summed E-state index contributed by atoms with van der Waals surface area (Å²) in [6.45, 7) is 1.72. The molecule has 1 aliphatic heterocycles. The molecule has 0 bridgehead atoms. The Balaban J connectivity index is 1.96. The summed E-state index contributed by atoms with van der Waals surface area (Å²) in [5, 5.41) is 19.4. The van der Waals surface area contributed by atoms with Gasteiger partial charge in [-0.2, -0.15) is 0 Å². The van der Waals surface area contributed by atoms with Gasteiger partial charge in [0.25, 0.3) is 5.91 Å². The molecule has 112 valence electrons. The largest absolute Gasteiger partial charge is 0.507 e. The number of phenols is 1. The number of carboxylic acids is 1. The van der Waals surface area contributed by atoms with Crippen LogP contribution in [0.5, 0.6) is 5.75 Å². The molecule has 2 atom stereocenters. The van der Waals surface area contributed by atoms with Gasteiger partial charge in [0.15, 0.2) is 0 Å². The summed E-state index contributed by atoms with van der Waals surface area (Å²) in [6.07, 6.45) is 2.07. The van der Waals surface area contributed by atoms with E-state index in [-0.39, 0.29) is 22.6 Å². The molecule has 5 nitrogen and oxygen atoms in total. The molecule has 2 unspecified atom stereocenters. The van der Waals surface area contributed by atoms with Crippen molar-refractivity contribution in [3.05, 3.63) is 29.3 Å². The molecule has 1 saturated heterocycles. The van der Waals surface area contributed by atoms with E-state index in [9.17, 15) is 19.8 Å². The van der Waals surface area contributed by atoms with Crippen LogP contribution in [0.1, 0.15) is 28.8 Å². The normalized spacial score (nSPS) is 25.1. The average Bonchev–Trinajstić information content (AvgIpc) is 3.19. The number of thioether (sulfide) groups is 1. The second-order valence-electron chi connectivity index (χ2n) is 5.60. The molecular formula is C15H17NO4S. The predicted molar refractivity (Wildman–Crippen MR) is 79.4 cm³/mol. The third-order valence-electron chi connectivity index (χ3n) is 4.05. The molecule has 1 amide bonds. The first kappa shape index (κ1) is 14.3. The van der Waals surface area contributed by atoms with Crippen molar-refractivity contribution in [3.8, 4) is 5.75 Å². The van der Waals surface area contributed by atoms with E-state index in [1.165, 1.54) is 16.7 Å². The first-order valence-electron chi connectivity index (χ1n) is 6.96. The van der Waals surface area contributed by atoms with Gasteiger partial charge >= 0.3 is 5.97 Å². The van der Waals surface area contributed by atoms with Crippen LogP contribution in [0.15, 0.2) is 18.2 Å². The predicted octanol–water partition coefficient (Wildman–Crippen LogP) is 2.08. The summed E-state index contributed by atoms with van der Waals surface area (Å²) in [7, 11) is 0. The van der Waals surface area contributed by atoms with E-state index in [1.807, 2.05) is 0 Å². The Morgan fingerprint density at radius 1 is 1.33 bits per heavy atom. The van der Waals surface area contributed by atoms with Crippen LogP contribution in [-0.2, 0) is 4.79 Å². The van der Waals surface area contributed by atoms with Gasteiger partial charge in [-0.05, 0) is 37.3 Å². The number of hydrogen-bond donors (Lipinski definition) is 2. The maximum absolute atomic E-state index is 12.8. The fourth-order valence-corrected chi connectivity index (χ4v) is 4.32. The highest BCUT2D eigenvalue weighted by Gasteiger charge is 2.48. The molecule has 0 radical (unpaired) electrons. The topological polar surface area (TPSA) is 77.8 Å². The van der Waals surface area contributed by atoms with Crippen molar-refractivity contribution < 1.29 is 19.8 Å². The minimum absolute atomic E-state index is 0.0573.